The van der Waals surface area contributed by atoms with Crippen LogP contribution in [0.5, 0.6) is 0 Å². The Hall–Kier alpha value is -1.10. The van der Waals surface area contributed by atoms with Crippen LogP contribution in [0.25, 0.3) is 0 Å². The number of rotatable bonds is 3. The molecule has 14 heavy (non-hydrogen) atoms. The number of hydrogen-bond acceptors (Lipinski definition) is 4. The maximum absolute atomic E-state index is 11.0. The number of thioether (sulfide) groups is 1. The molecule has 1 N–H and O–H groups in total. The van der Waals surface area contributed by atoms with Crippen molar-refractivity contribution in [3.63, 3.8) is 0 Å². The van der Waals surface area contributed by atoms with E-state index in [0.717, 1.165) is 5.75 Å². The van der Waals surface area contributed by atoms with Crippen LogP contribution in [0.2, 0.25) is 0 Å². The molecule has 1 aromatic heterocycles. The predicted octanol–water partition coefficient (Wildman–Crippen LogP) is 1.90. The van der Waals surface area contributed by atoms with E-state index in [-0.39, 0.29) is 5.56 Å². The molecule has 5 heteroatoms. The van der Waals surface area contributed by atoms with Gasteiger partial charge in [-0.05, 0) is 25.2 Å². The van der Waals surface area contributed by atoms with Crippen molar-refractivity contribution >= 4 is 17.7 Å². The van der Waals surface area contributed by atoms with Crippen LogP contribution in [0.4, 0.5) is 0 Å². The van der Waals surface area contributed by atoms with Crippen LogP contribution in [0.3, 0.4) is 0 Å². The van der Waals surface area contributed by atoms with Crippen molar-refractivity contribution in [2.75, 3.05) is 5.75 Å². The molecule has 0 fully saturated rings. The predicted molar refractivity (Wildman–Crippen MR) is 54.9 cm³/mol. The largest absolute Gasteiger partial charge is 0.478 e. The van der Waals surface area contributed by atoms with E-state index < -0.39 is 5.97 Å². The normalized spacial score (nSPS) is 10.2. The molecule has 0 spiro atoms. The van der Waals surface area contributed by atoms with Crippen molar-refractivity contribution in [2.45, 2.75) is 25.8 Å². The van der Waals surface area contributed by atoms with E-state index in [1.165, 1.54) is 11.8 Å². The quantitative estimate of drug-likeness (QED) is 0.775. The Bertz CT molecular complexity index is 366. The number of carbonyl (C=O) groups is 1. The van der Waals surface area contributed by atoms with Crippen LogP contribution >= 0.6 is 11.8 Å². The van der Waals surface area contributed by atoms with Crippen molar-refractivity contribution in [3.05, 3.63) is 16.8 Å². The summed E-state index contributed by atoms with van der Waals surface area (Å²) in [4.78, 5) is 11.0. The van der Waals surface area contributed by atoms with E-state index in [9.17, 15) is 4.79 Å². The highest BCUT2D eigenvalue weighted by Crippen LogP contribution is 2.23. The molecule has 0 aliphatic heterocycles. The van der Waals surface area contributed by atoms with E-state index in [2.05, 4.69) is 10.2 Å². The fourth-order valence-electron chi connectivity index (χ4n) is 1.08. The standard InChI is InChI=1S/C9H12N2O2S/c1-4-14-8-7(9(12)13)5(2)6(3)10-11-8/h4H2,1-3H3,(H,12,13). The van der Waals surface area contributed by atoms with Gasteiger partial charge in [0.15, 0.2) is 0 Å². The lowest BCUT2D eigenvalue weighted by Gasteiger charge is -2.07. The molecule has 0 aromatic carbocycles. The summed E-state index contributed by atoms with van der Waals surface area (Å²) in [5.74, 6) is -0.145. The van der Waals surface area contributed by atoms with Gasteiger partial charge in [-0.15, -0.1) is 16.9 Å². The van der Waals surface area contributed by atoms with Gasteiger partial charge in [-0.2, -0.15) is 5.10 Å². The third kappa shape index (κ3) is 2.04. The van der Waals surface area contributed by atoms with Gasteiger partial charge in [0, 0.05) is 0 Å². The second-order valence-corrected chi connectivity index (χ2v) is 4.08. The Morgan fingerprint density at radius 1 is 1.43 bits per heavy atom. The summed E-state index contributed by atoms with van der Waals surface area (Å²) in [6.45, 7) is 5.47. The third-order valence-corrected chi connectivity index (χ3v) is 2.77. The molecule has 4 nitrogen and oxygen atoms in total. The molecule has 0 bridgehead atoms. The van der Waals surface area contributed by atoms with Crippen LogP contribution in [-0.4, -0.2) is 27.0 Å². The number of aryl methyl sites for hydroxylation is 1. The number of aromatic nitrogens is 2. The highest BCUT2D eigenvalue weighted by atomic mass is 32.2. The van der Waals surface area contributed by atoms with E-state index in [0.29, 0.717) is 16.3 Å². The molecule has 1 heterocycles. The monoisotopic (exact) mass is 212 g/mol. The van der Waals surface area contributed by atoms with Gasteiger partial charge in [0.1, 0.15) is 5.03 Å². The molecule has 0 amide bonds. The van der Waals surface area contributed by atoms with Gasteiger partial charge in [-0.1, -0.05) is 6.92 Å². The first kappa shape index (κ1) is 11.0. The maximum atomic E-state index is 11.0. The Kier molecular flexibility index (Phi) is 3.46. The Labute approximate surface area is 86.7 Å². The Morgan fingerprint density at radius 2 is 2.07 bits per heavy atom. The zero-order valence-electron chi connectivity index (χ0n) is 8.37. The van der Waals surface area contributed by atoms with Crippen molar-refractivity contribution in [1.82, 2.24) is 10.2 Å². The summed E-state index contributed by atoms with van der Waals surface area (Å²) < 4.78 is 0. The number of nitrogens with zero attached hydrogens (tertiary/aromatic N) is 2. The summed E-state index contributed by atoms with van der Waals surface area (Å²) in [7, 11) is 0. The SMILES string of the molecule is CCSc1nnc(C)c(C)c1C(=O)O. The van der Waals surface area contributed by atoms with Crippen molar-refractivity contribution in [2.24, 2.45) is 0 Å². The number of carboxylic acid groups (broad SMARTS) is 1. The minimum absolute atomic E-state index is 0.282. The van der Waals surface area contributed by atoms with Crippen molar-refractivity contribution < 1.29 is 9.90 Å². The van der Waals surface area contributed by atoms with Gasteiger partial charge >= 0.3 is 5.97 Å². The minimum atomic E-state index is -0.934. The lowest BCUT2D eigenvalue weighted by atomic mass is 10.1. The van der Waals surface area contributed by atoms with Crippen molar-refractivity contribution in [3.8, 4) is 0 Å². The molecule has 0 atom stereocenters. The summed E-state index contributed by atoms with van der Waals surface area (Å²) in [6.07, 6.45) is 0. The van der Waals surface area contributed by atoms with Crippen LogP contribution in [0.15, 0.2) is 5.03 Å². The van der Waals surface area contributed by atoms with Crippen molar-refractivity contribution in [1.29, 1.82) is 0 Å². The minimum Gasteiger partial charge on any atom is -0.478 e. The summed E-state index contributed by atoms with van der Waals surface area (Å²) in [5, 5.41) is 17.3. The summed E-state index contributed by atoms with van der Waals surface area (Å²) in [6, 6.07) is 0. The summed E-state index contributed by atoms with van der Waals surface area (Å²) >= 11 is 1.40. The molecule has 0 radical (unpaired) electrons. The Balaban J connectivity index is 3.30. The fourth-order valence-corrected chi connectivity index (χ4v) is 1.83. The lowest BCUT2D eigenvalue weighted by molar-refractivity contribution is 0.0690. The number of carboxylic acids is 1. The molecule has 0 aliphatic rings. The lowest BCUT2D eigenvalue weighted by Crippen LogP contribution is -2.08. The van der Waals surface area contributed by atoms with Gasteiger partial charge < -0.3 is 5.11 Å². The zero-order valence-corrected chi connectivity index (χ0v) is 9.18. The second-order valence-electron chi connectivity index (χ2n) is 2.83. The van der Waals surface area contributed by atoms with Crippen LogP contribution < -0.4 is 0 Å². The molecule has 0 saturated carbocycles. The smallest absolute Gasteiger partial charge is 0.338 e. The van der Waals surface area contributed by atoms with Crippen LogP contribution in [-0.2, 0) is 0 Å². The van der Waals surface area contributed by atoms with Gasteiger partial charge in [0.05, 0.1) is 11.3 Å². The molecule has 1 aromatic rings. The molecular weight excluding hydrogens is 200 g/mol. The third-order valence-electron chi connectivity index (χ3n) is 1.92. The molecule has 76 valence electrons. The van der Waals surface area contributed by atoms with Gasteiger partial charge in [-0.25, -0.2) is 4.79 Å². The first-order valence-electron chi connectivity index (χ1n) is 4.27. The van der Waals surface area contributed by atoms with Crippen LogP contribution in [0, 0.1) is 13.8 Å². The average molecular weight is 212 g/mol. The first-order valence-corrected chi connectivity index (χ1v) is 5.26. The Morgan fingerprint density at radius 3 is 2.57 bits per heavy atom. The van der Waals surface area contributed by atoms with Gasteiger partial charge in [-0.3, -0.25) is 0 Å². The molecular formula is C9H12N2O2S. The average Bonchev–Trinajstić information content (AvgIpc) is 2.11. The number of hydrogen-bond donors (Lipinski definition) is 1. The van der Waals surface area contributed by atoms with E-state index >= 15 is 0 Å². The van der Waals surface area contributed by atoms with E-state index in [1.54, 1.807) is 13.8 Å². The highest BCUT2D eigenvalue weighted by molar-refractivity contribution is 7.99. The van der Waals surface area contributed by atoms with Gasteiger partial charge in [0.25, 0.3) is 0 Å². The zero-order chi connectivity index (χ0) is 10.7. The highest BCUT2D eigenvalue weighted by Gasteiger charge is 2.17. The molecule has 0 aliphatic carbocycles. The van der Waals surface area contributed by atoms with Crippen LogP contribution in [0.1, 0.15) is 28.5 Å². The maximum Gasteiger partial charge on any atom is 0.338 e. The van der Waals surface area contributed by atoms with Gasteiger partial charge in [0.2, 0.25) is 0 Å². The number of aromatic carboxylic acids is 1. The second kappa shape index (κ2) is 4.41. The fraction of sp³-hybridized carbons (Fsp3) is 0.444. The first-order chi connectivity index (χ1) is 6.57. The van der Waals surface area contributed by atoms with E-state index in [1.807, 2.05) is 6.92 Å². The molecule has 0 unspecified atom stereocenters. The molecule has 0 saturated heterocycles. The molecule has 1 rings (SSSR count). The van der Waals surface area contributed by atoms with E-state index in [4.69, 9.17) is 5.11 Å². The topological polar surface area (TPSA) is 63.1 Å². The summed E-state index contributed by atoms with van der Waals surface area (Å²) in [5.41, 5.74) is 1.65.